The van der Waals surface area contributed by atoms with E-state index in [1.165, 1.54) is 13.4 Å². The summed E-state index contributed by atoms with van der Waals surface area (Å²) < 4.78 is 47.5. The first-order chi connectivity index (χ1) is 28.5. The van der Waals surface area contributed by atoms with E-state index in [1.54, 1.807) is 21.3 Å². The van der Waals surface area contributed by atoms with Crippen molar-refractivity contribution in [3.63, 3.8) is 0 Å². The van der Waals surface area contributed by atoms with Crippen LogP contribution in [0.25, 0.3) is 0 Å². The number of rotatable bonds is 29. The Bertz CT molecular complexity index is 898. The van der Waals surface area contributed by atoms with Crippen molar-refractivity contribution in [2.45, 2.75) is 59.3 Å². The van der Waals surface area contributed by atoms with Crippen LogP contribution in [0.3, 0.4) is 0 Å². The van der Waals surface area contributed by atoms with Crippen LogP contribution in [-0.2, 0) is 76.1 Å². The van der Waals surface area contributed by atoms with E-state index in [0.717, 1.165) is 6.42 Å². The normalized spacial score (nSPS) is 10.4. The minimum Gasteiger partial charge on any atom is -0.481 e. The Balaban J connectivity index is -0.000000120. The monoisotopic (exact) mass is 904 g/mol. The maximum atomic E-state index is 11.2. The number of carbonyl (C=O) groups is 6. The van der Waals surface area contributed by atoms with Crippen molar-refractivity contribution >= 4 is 47.4 Å². The van der Waals surface area contributed by atoms with E-state index in [0.29, 0.717) is 79.2 Å². The fourth-order valence-electron chi connectivity index (χ4n) is 2.81. The quantitative estimate of drug-likeness (QED) is 0.0191. The number of ether oxygens (including phenoxy) is 10. The van der Waals surface area contributed by atoms with Gasteiger partial charge in [-0.05, 0) is 13.5 Å². The van der Waals surface area contributed by atoms with Crippen LogP contribution in [0.5, 0.6) is 0 Å². The Morgan fingerprint density at radius 1 is 0.600 bits per heavy atom. The average Bonchev–Trinajstić information content (AvgIpc) is 3.63. The number of carboxylic acids is 1. The summed E-state index contributed by atoms with van der Waals surface area (Å²) in [7, 11) is 6.27. The third kappa shape index (κ3) is 79.1. The van der Waals surface area contributed by atoms with Gasteiger partial charge in [0.15, 0.2) is 0 Å². The van der Waals surface area contributed by atoms with Crippen molar-refractivity contribution in [2.75, 3.05) is 147 Å². The molecule has 1 aliphatic heterocycles. The lowest BCUT2D eigenvalue weighted by atomic mass is 10.3. The van der Waals surface area contributed by atoms with Gasteiger partial charge in [-0.15, -0.1) is 11.6 Å². The first kappa shape index (κ1) is 71.4. The van der Waals surface area contributed by atoms with Gasteiger partial charge in [-0.1, -0.05) is 14.4 Å². The summed E-state index contributed by atoms with van der Waals surface area (Å²) in [5.74, 6) is -2.83. The molecule has 23 heteroatoms. The minimum atomic E-state index is -1.01. The molecule has 1 amide bonds. The molecule has 1 aliphatic rings. The topological polar surface area (TPSA) is 314 Å². The smallest absolute Gasteiger partial charge is 0.314 e. The van der Waals surface area contributed by atoms with Crippen molar-refractivity contribution in [2.24, 2.45) is 5.73 Å². The molecule has 0 aromatic carbocycles. The maximum absolute atomic E-state index is 11.2. The Hall–Kier alpha value is -3.13. The number of hydrogen-bond donors (Lipinski definition) is 6. The third-order valence-electron chi connectivity index (χ3n) is 5.42. The molecule has 0 aromatic rings. The van der Waals surface area contributed by atoms with Gasteiger partial charge in [0.2, 0.25) is 5.91 Å². The number of methoxy groups -OCH3 is 3. The van der Waals surface area contributed by atoms with Gasteiger partial charge in [-0.2, -0.15) is 0 Å². The van der Waals surface area contributed by atoms with Gasteiger partial charge in [-0.25, -0.2) is 0 Å². The SMILES string of the molecule is C.CCCNC(=O)CCC(=O)OCCOCCOC.CCl.CN.COCCOCCO.COCCOCCOC(=O)CCC(=O)O.O=C1CCC(=O)O1.OCCOCCO. The highest BCUT2D eigenvalue weighted by atomic mass is 35.5. The summed E-state index contributed by atoms with van der Waals surface area (Å²) in [4.78, 5) is 63.4. The highest BCUT2D eigenvalue weighted by Gasteiger charge is 2.19. The fraction of sp³-hybridized carbons (Fsp3) is 0.838. The van der Waals surface area contributed by atoms with Crippen molar-refractivity contribution in [3.05, 3.63) is 0 Å². The summed E-state index contributed by atoms with van der Waals surface area (Å²) >= 11 is 4.64. The highest BCUT2D eigenvalue weighted by Crippen LogP contribution is 2.04. The first-order valence-corrected chi connectivity index (χ1v) is 19.3. The number of alkyl halides is 1. The molecular formula is C37H77ClN2O20. The van der Waals surface area contributed by atoms with E-state index in [4.69, 9.17) is 53.6 Å². The molecule has 0 atom stereocenters. The lowest BCUT2D eigenvalue weighted by Gasteiger charge is -2.06. The Kier molecular flexibility index (Phi) is 80.5. The van der Waals surface area contributed by atoms with E-state index >= 15 is 0 Å². The molecule has 0 saturated carbocycles. The van der Waals surface area contributed by atoms with E-state index < -0.39 is 23.9 Å². The van der Waals surface area contributed by atoms with Gasteiger partial charge >= 0.3 is 29.8 Å². The zero-order valence-corrected chi connectivity index (χ0v) is 36.5. The number of carbonyl (C=O) groups excluding carboxylic acids is 5. The van der Waals surface area contributed by atoms with Crippen molar-refractivity contribution in [3.8, 4) is 0 Å². The minimum absolute atomic E-state index is 0. The predicted molar refractivity (Wildman–Crippen MR) is 220 cm³/mol. The van der Waals surface area contributed by atoms with Gasteiger partial charge in [0.25, 0.3) is 0 Å². The molecule has 22 nitrogen and oxygen atoms in total. The van der Waals surface area contributed by atoms with Crippen molar-refractivity contribution in [1.82, 2.24) is 5.32 Å². The zero-order chi connectivity index (χ0) is 46.2. The van der Waals surface area contributed by atoms with Gasteiger partial charge < -0.3 is 78.8 Å². The van der Waals surface area contributed by atoms with Gasteiger partial charge in [-0.3, -0.25) is 28.8 Å². The van der Waals surface area contributed by atoms with Crippen LogP contribution in [0.1, 0.15) is 59.3 Å². The molecule has 0 radical (unpaired) electrons. The van der Waals surface area contributed by atoms with E-state index in [2.05, 4.69) is 36.9 Å². The van der Waals surface area contributed by atoms with Crippen LogP contribution in [-0.4, -0.2) is 203 Å². The Morgan fingerprint density at radius 3 is 1.23 bits per heavy atom. The van der Waals surface area contributed by atoms with Crippen LogP contribution in [0.4, 0.5) is 0 Å². The molecule has 60 heavy (non-hydrogen) atoms. The fourth-order valence-corrected chi connectivity index (χ4v) is 2.81. The predicted octanol–water partition coefficient (Wildman–Crippen LogP) is 0.102. The number of aliphatic hydroxyl groups is 3. The highest BCUT2D eigenvalue weighted by molar-refractivity contribution is 6.15. The number of cyclic esters (lactones) is 2. The standard InChI is InChI=1S/C12H23NO5.C9H16O6.C5H12O3.C4H4O3.C4H10O3.CH3Cl.CH5N.CH4/c1-3-6-13-11(14)4-5-12(15)18-10-9-17-8-7-16-2;1-13-4-5-14-6-7-15-9(12)3-2-8(10)11;1-7-4-5-8-3-2-6;5-3-1-2-4(6)7-3;5-1-3-7-4-2-6;2*1-2;/h3-10H2,1-2H3,(H,13,14);2-7H2,1H3,(H,10,11);6H,2-5H2,1H3;1-2H2;5-6H,1-4H2;1H3;2H2,1H3;1H4. The summed E-state index contributed by atoms with van der Waals surface area (Å²) in [6, 6.07) is 0. The number of hydrogen-bond acceptors (Lipinski definition) is 20. The summed E-state index contributed by atoms with van der Waals surface area (Å²) in [5.41, 5.74) is 4.50. The average molecular weight is 905 g/mol. The summed E-state index contributed by atoms with van der Waals surface area (Å²) in [6.45, 7) is 7.89. The molecule has 7 N–H and O–H groups in total. The number of aliphatic hydroxyl groups excluding tert-OH is 3. The van der Waals surface area contributed by atoms with E-state index in [1.807, 2.05) is 6.92 Å². The lowest BCUT2D eigenvalue weighted by Crippen LogP contribution is -2.24. The number of nitrogens with two attached hydrogens (primary N) is 1. The summed E-state index contributed by atoms with van der Waals surface area (Å²) in [5, 5.41) is 35.3. The van der Waals surface area contributed by atoms with Gasteiger partial charge in [0, 0.05) is 40.7 Å². The maximum Gasteiger partial charge on any atom is 0.314 e. The van der Waals surface area contributed by atoms with E-state index in [-0.39, 0.29) is 90.9 Å². The molecule has 0 bridgehead atoms. The molecule has 0 aliphatic carbocycles. The molecule has 1 rings (SSSR count). The Morgan fingerprint density at radius 2 is 0.933 bits per heavy atom. The molecule has 1 heterocycles. The van der Waals surface area contributed by atoms with Gasteiger partial charge in [0.05, 0.1) is 125 Å². The second-order valence-corrected chi connectivity index (χ2v) is 10.1. The van der Waals surface area contributed by atoms with Crippen LogP contribution in [0.2, 0.25) is 0 Å². The third-order valence-corrected chi connectivity index (χ3v) is 5.42. The molecule has 1 fully saturated rings. The Labute approximate surface area is 360 Å². The number of halogens is 1. The second-order valence-electron chi connectivity index (χ2n) is 10.1. The first-order valence-electron chi connectivity index (χ1n) is 18.6. The number of amides is 1. The number of carboxylic acid groups (broad SMARTS) is 1. The van der Waals surface area contributed by atoms with Crippen LogP contribution in [0.15, 0.2) is 0 Å². The molecule has 1 saturated heterocycles. The largest absolute Gasteiger partial charge is 0.481 e. The number of esters is 4. The second kappa shape index (κ2) is 67.6. The van der Waals surface area contributed by atoms with Gasteiger partial charge in [0.1, 0.15) is 13.2 Å². The summed E-state index contributed by atoms with van der Waals surface area (Å²) in [6.07, 6.45) is 2.85. The lowest BCUT2D eigenvalue weighted by molar-refractivity contribution is -0.152. The molecule has 0 unspecified atom stereocenters. The molecule has 0 aromatic heterocycles. The van der Waals surface area contributed by atoms with E-state index in [9.17, 15) is 28.8 Å². The number of aliphatic carboxylic acids is 1. The molecule has 362 valence electrons. The van der Waals surface area contributed by atoms with Crippen LogP contribution < -0.4 is 11.1 Å². The van der Waals surface area contributed by atoms with Crippen LogP contribution >= 0.6 is 11.6 Å². The molecular weight excluding hydrogens is 828 g/mol. The van der Waals surface area contributed by atoms with Crippen molar-refractivity contribution in [1.29, 1.82) is 0 Å². The zero-order valence-electron chi connectivity index (χ0n) is 35.7. The van der Waals surface area contributed by atoms with Crippen LogP contribution in [0, 0.1) is 0 Å². The molecule has 0 spiro atoms. The van der Waals surface area contributed by atoms with Crippen molar-refractivity contribution < 1.29 is 96.6 Å². The number of nitrogens with one attached hydrogen (secondary N) is 1.